The SMILES string of the molecule is COc1ccc(-c2ccc([N+](=O)[O-])cc2)c2c3c(n(C)c12)CCNC3. The summed E-state index contributed by atoms with van der Waals surface area (Å²) in [6.45, 7) is 1.78. The molecule has 0 saturated heterocycles. The van der Waals surface area contributed by atoms with Gasteiger partial charge in [-0.2, -0.15) is 0 Å². The molecule has 6 nitrogen and oxygen atoms in total. The Hall–Kier alpha value is -2.86. The van der Waals surface area contributed by atoms with Crippen molar-refractivity contribution < 1.29 is 9.66 Å². The number of methoxy groups -OCH3 is 1. The Morgan fingerprint density at radius 2 is 1.96 bits per heavy atom. The maximum absolute atomic E-state index is 10.9. The number of nitro groups is 1. The first-order valence-electron chi connectivity index (χ1n) is 8.24. The van der Waals surface area contributed by atoms with Crippen molar-refractivity contribution in [1.82, 2.24) is 9.88 Å². The van der Waals surface area contributed by atoms with Crippen LogP contribution in [0.5, 0.6) is 5.75 Å². The maximum atomic E-state index is 10.9. The third kappa shape index (κ3) is 2.37. The predicted octanol–water partition coefficient (Wildman–Crippen LogP) is 3.41. The second-order valence-corrected chi connectivity index (χ2v) is 6.25. The van der Waals surface area contributed by atoms with Crippen LogP contribution in [0.2, 0.25) is 0 Å². The minimum atomic E-state index is -0.373. The zero-order chi connectivity index (χ0) is 17.6. The van der Waals surface area contributed by atoms with Gasteiger partial charge in [-0.1, -0.05) is 0 Å². The molecule has 0 amide bonds. The summed E-state index contributed by atoms with van der Waals surface area (Å²) >= 11 is 0. The third-order valence-corrected chi connectivity index (χ3v) is 4.98. The molecule has 1 aromatic heterocycles. The highest BCUT2D eigenvalue weighted by Crippen LogP contribution is 2.40. The average molecular weight is 337 g/mol. The number of aryl methyl sites for hydroxylation is 1. The second-order valence-electron chi connectivity index (χ2n) is 6.25. The number of aromatic nitrogens is 1. The highest BCUT2D eigenvalue weighted by atomic mass is 16.6. The lowest BCUT2D eigenvalue weighted by molar-refractivity contribution is -0.384. The number of rotatable bonds is 3. The molecule has 0 atom stereocenters. The van der Waals surface area contributed by atoms with Gasteiger partial charge in [0.1, 0.15) is 5.75 Å². The van der Waals surface area contributed by atoms with E-state index in [1.165, 1.54) is 11.3 Å². The van der Waals surface area contributed by atoms with Crippen molar-refractivity contribution in [2.75, 3.05) is 13.7 Å². The number of nitro benzene ring substituents is 1. The van der Waals surface area contributed by atoms with E-state index in [9.17, 15) is 10.1 Å². The summed E-state index contributed by atoms with van der Waals surface area (Å²) in [6, 6.07) is 10.7. The molecule has 2 heterocycles. The van der Waals surface area contributed by atoms with Gasteiger partial charge in [-0.15, -0.1) is 0 Å². The molecule has 0 fully saturated rings. The lowest BCUT2D eigenvalue weighted by Crippen LogP contribution is -2.24. The fraction of sp³-hybridized carbons (Fsp3) is 0.263. The molecule has 0 aliphatic carbocycles. The normalized spacial score (nSPS) is 13.7. The number of nitrogens with zero attached hydrogens (tertiary/aromatic N) is 2. The van der Waals surface area contributed by atoms with Gasteiger partial charge in [-0.25, -0.2) is 0 Å². The van der Waals surface area contributed by atoms with E-state index in [0.717, 1.165) is 47.3 Å². The zero-order valence-electron chi connectivity index (χ0n) is 14.2. The lowest BCUT2D eigenvalue weighted by Gasteiger charge is -2.15. The summed E-state index contributed by atoms with van der Waals surface area (Å²) in [6.07, 6.45) is 0.976. The van der Waals surface area contributed by atoms with Crippen LogP contribution < -0.4 is 10.1 Å². The molecule has 6 heteroatoms. The van der Waals surface area contributed by atoms with Crippen LogP contribution in [0.4, 0.5) is 5.69 Å². The van der Waals surface area contributed by atoms with E-state index >= 15 is 0 Å². The molecule has 1 aliphatic rings. The van der Waals surface area contributed by atoms with Crippen molar-refractivity contribution in [3.05, 3.63) is 57.8 Å². The fourth-order valence-electron chi connectivity index (χ4n) is 3.79. The van der Waals surface area contributed by atoms with Crippen LogP contribution in [-0.2, 0) is 20.0 Å². The number of fused-ring (bicyclic) bond motifs is 3. The molecule has 3 aromatic rings. The van der Waals surface area contributed by atoms with Crippen LogP contribution in [0.1, 0.15) is 11.3 Å². The first-order valence-corrected chi connectivity index (χ1v) is 8.24. The van der Waals surface area contributed by atoms with Gasteiger partial charge in [0.25, 0.3) is 5.69 Å². The quantitative estimate of drug-likeness (QED) is 0.587. The first kappa shape index (κ1) is 15.7. The molecule has 0 radical (unpaired) electrons. The van der Waals surface area contributed by atoms with Crippen LogP contribution in [-0.4, -0.2) is 23.1 Å². The Morgan fingerprint density at radius 1 is 1.20 bits per heavy atom. The Labute approximate surface area is 145 Å². The number of nitrogens with one attached hydrogen (secondary N) is 1. The summed E-state index contributed by atoms with van der Waals surface area (Å²) in [5, 5.41) is 15.5. The van der Waals surface area contributed by atoms with E-state index in [1.807, 2.05) is 24.3 Å². The summed E-state index contributed by atoms with van der Waals surface area (Å²) < 4.78 is 7.82. The maximum Gasteiger partial charge on any atom is 0.269 e. The van der Waals surface area contributed by atoms with Crippen LogP contribution >= 0.6 is 0 Å². The van der Waals surface area contributed by atoms with Gasteiger partial charge in [-0.3, -0.25) is 10.1 Å². The summed E-state index contributed by atoms with van der Waals surface area (Å²) in [7, 11) is 3.76. The lowest BCUT2D eigenvalue weighted by atomic mass is 9.96. The zero-order valence-corrected chi connectivity index (χ0v) is 14.2. The molecule has 1 N–H and O–H groups in total. The molecular weight excluding hydrogens is 318 g/mol. The van der Waals surface area contributed by atoms with Crippen LogP contribution in [0.15, 0.2) is 36.4 Å². The highest BCUT2D eigenvalue weighted by Gasteiger charge is 2.23. The number of benzene rings is 2. The van der Waals surface area contributed by atoms with Crippen molar-refractivity contribution in [3.8, 4) is 16.9 Å². The number of ether oxygens (including phenoxy) is 1. The van der Waals surface area contributed by atoms with Crippen molar-refractivity contribution in [1.29, 1.82) is 0 Å². The fourth-order valence-corrected chi connectivity index (χ4v) is 3.79. The third-order valence-electron chi connectivity index (χ3n) is 4.98. The van der Waals surface area contributed by atoms with Gasteiger partial charge in [0.2, 0.25) is 0 Å². The monoisotopic (exact) mass is 337 g/mol. The molecule has 128 valence electrons. The summed E-state index contributed by atoms with van der Waals surface area (Å²) in [4.78, 5) is 10.5. The number of hydrogen-bond donors (Lipinski definition) is 1. The van der Waals surface area contributed by atoms with Gasteiger partial charge in [0.15, 0.2) is 0 Å². The van der Waals surface area contributed by atoms with E-state index in [0.29, 0.717) is 0 Å². The number of hydrogen-bond acceptors (Lipinski definition) is 4. The van der Waals surface area contributed by atoms with Crippen LogP contribution in [0.3, 0.4) is 0 Å². The minimum Gasteiger partial charge on any atom is -0.495 e. The molecule has 4 rings (SSSR count). The molecule has 0 saturated carbocycles. The van der Waals surface area contributed by atoms with Gasteiger partial charge < -0.3 is 14.6 Å². The smallest absolute Gasteiger partial charge is 0.269 e. The van der Waals surface area contributed by atoms with E-state index in [-0.39, 0.29) is 10.6 Å². The van der Waals surface area contributed by atoms with Crippen LogP contribution in [0, 0.1) is 10.1 Å². The Kier molecular flexibility index (Phi) is 3.69. The second kappa shape index (κ2) is 5.89. The predicted molar refractivity (Wildman–Crippen MR) is 97.0 cm³/mol. The van der Waals surface area contributed by atoms with E-state index < -0.39 is 0 Å². The highest BCUT2D eigenvalue weighted by molar-refractivity contribution is 6.02. The Bertz CT molecular complexity index is 974. The topological polar surface area (TPSA) is 69.3 Å². The largest absolute Gasteiger partial charge is 0.495 e. The van der Waals surface area contributed by atoms with Gasteiger partial charge in [0, 0.05) is 49.8 Å². The molecule has 1 aliphatic heterocycles. The van der Waals surface area contributed by atoms with Crippen molar-refractivity contribution in [3.63, 3.8) is 0 Å². The molecule has 0 bridgehead atoms. The molecular formula is C19H19N3O3. The minimum absolute atomic E-state index is 0.102. The van der Waals surface area contributed by atoms with Gasteiger partial charge in [0.05, 0.1) is 17.5 Å². The van der Waals surface area contributed by atoms with E-state index in [4.69, 9.17) is 4.74 Å². The Morgan fingerprint density at radius 3 is 2.64 bits per heavy atom. The van der Waals surface area contributed by atoms with E-state index in [2.05, 4.69) is 16.9 Å². The summed E-state index contributed by atoms with van der Waals surface area (Å²) in [5.74, 6) is 0.845. The average Bonchev–Trinajstić information content (AvgIpc) is 2.95. The van der Waals surface area contributed by atoms with Crippen molar-refractivity contribution in [2.45, 2.75) is 13.0 Å². The molecule has 2 aromatic carbocycles. The standard InChI is InChI=1S/C19H19N3O3/c1-21-16-9-10-20-11-15(16)18-14(7-8-17(25-2)19(18)21)12-3-5-13(6-4-12)22(23)24/h3-8,20H,9-11H2,1-2H3. The van der Waals surface area contributed by atoms with Crippen molar-refractivity contribution >= 4 is 16.6 Å². The molecule has 0 spiro atoms. The van der Waals surface area contributed by atoms with E-state index in [1.54, 1.807) is 19.2 Å². The Balaban J connectivity index is 2.00. The summed E-state index contributed by atoms with van der Waals surface area (Å²) in [5.41, 5.74) is 5.83. The molecule has 0 unspecified atom stereocenters. The van der Waals surface area contributed by atoms with Crippen LogP contribution in [0.25, 0.3) is 22.0 Å². The number of non-ortho nitro benzene ring substituents is 1. The van der Waals surface area contributed by atoms with Gasteiger partial charge >= 0.3 is 0 Å². The van der Waals surface area contributed by atoms with Crippen molar-refractivity contribution in [2.24, 2.45) is 7.05 Å². The first-order chi connectivity index (χ1) is 12.1. The molecule has 25 heavy (non-hydrogen) atoms. The van der Waals surface area contributed by atoms with Gasteiger partial charge in [-0.05, 0) is 41.0 Å².